The summed E-state index contributed by atoms with van der Waals surface area (Å²) in [6.07, 6.45) is 4.72. The van der Waals surface area contributed by atoms with Crippen molar-refractivity contribution in [3.05, 3.63) is 130 Å². The number of hydrogen-bond donors (Lipinski definition) is 1. The van der Waals surface area contributed by atoms with E-state index in [1.807, 2.05) is 19.1 Å². The largest absolute Gasteiger partial charge is 0.460 e. The Balaban J connectivity index is 1.37. The highest BCUT2D eigenvalue weighted by molar-refractivity contribution is 6.00. The van der Waals surface area contributed by atoms with Crippen LogP contribution in [-0.2, 0) is 19.1 Å². The van der Waals surface area contributed by atoms with Crippen molar-refractivity contribution in [2.45, 2.75) is 52.0 Å². The minimum Gasteiger partial charge on any atom is -0.460 e. The number of terminal acetylenes is 1. The fourth-order valence-electron chi connectivity index (χ4n) is 6.36. The number of rotatable bonds is 9. The molecule has 240 valence electrons. The van der Waals surface area contributed by atoms with Gasteiger partial charge in [0.05, 0.1) is 29.2 Å². The van der Waals surface area contributed by atoms with Crippen LogP contribution in [0.3, 0.4) is 0 Å². The molecule has 1 saturated heterocycles. The molecule has 1 N–H and O–H groups in total. The fourth-order valence-corrected chi connectivity index (χ4v) is 6.36. The van der Waals surface area contributed by atoms with Gasteiger partial charge in [0.1, 0.15) is 11.8 Å². The van der Waals surface area contributed by atoms with Crippen LogP contribution in [-0.4, -0.2) is 60.2 Å². The summed E-state index contributed by atoms with van der Waals surface area (Å²) in [6.45, 7) is 9.97. The van der Waals surface area contributed by atoms with Gasteiger partial charge in [-0.2, -0.15) is 5.26 Å². The first-order valence-corrected chi connectivity index (χ1v) is 15.9. The maximum absolute atomic E-state index is 14.1. The molecule has 2 unspecified atom stereocenters. The zero-order valence-electron chi connectivity index (χ0n) is 27.3. The fraction of sp³-hybridized carbons (Fsp3) is 0.308. The molecule has 3 aromatic carbocycles. The van der Waals surface area contributed by atoms with Gasteiger partial charge in [0.25, 0.3) is 0 Å². The zero-order chi connectivity index (χ0) is 33.5. The van der Waals surface area contributed by atoms with Gasteiger partial charge < -0.3 is 14.8 Å². The number of esters is 2. The lowest BCUT2D eigenvalue weighted by Gasteiger charge is -2.41. The van der Waals surface area contributed by atoms with Crippen LogP contribution < -0.4 is 5.32 Å². The third-order valence-corrected chi connectivity index (χ3v) is 8.58. The summed E-state index contributed by atoms with van der Waals surface area (Å²) in [4.78, 5) is 32.1. The Morgan fingerprint density at radius 3 is 1.96 bits per heavy atom. The monoisotopic (exact) mass is 628 g/mol. The molecule has 0 aliphatic carbocycles. The van der Waals surface area contributed by atoms with Gasteiger partial charge in [-0.1, -0.05) is 78.7 Å². The quantitative estimate of drug-likeness (QED) is 0.240. The molecular formula is C39H40N4O4. The second-order valence-corrected chi connectivity index (χ2v) is 12.0. The van der Waals surface area contributed by atoms with Crippen LogP contribution in [0.2, 0.25) is 0 Å². The van der Waals surface area contributed by atoms with Crippen LogP contribution in [0.1, 0.15) is 61.9 Å². The molecule has 2 atom stereocenters. The first-order chi connectivity index (χ1) is 22.7. The van der Waals surface area contributed by atoms with Crippen molar-refractivity contribution in [3.63, 3.8) is 0 Å². The summed E-state index contributed by atoms with van der Waals surface area (Å²) in [5.74, 6) is 0.427. The van der Waals surface area contributed by atoms with E-state index in [0.717, 1.165) is 13.1 Å². The first-order valence-electron chi connectivity index (χ1n) is 15.9. The van der Waals surface area contributed by atoms with Gasteiger partial charge in [-0.25, -0.2) is 9.59 Å². The van der Waals surface area contributed by atoms with Crippen LogP contribution >= 0.6 is 0 Å². The van der Waals surface area contributed by atoms with Gasteiger partial charge in [-0.3, -0.25) is 9.80 Å². The van der Waals surface area contributed by atoms with Crippen molar-refractivity contribution in [2.24, 2.45) is 0 Å². The van der Waals surface area contributed by atoms with Crippen LogP contribution in [0.5, 0.6) is 0 Å². The van der Waals surface area contributed by atoms with E-state index in [-0.39, 0.29) is 22.9 Å². The summed E-state index contributed by atoms with van der Waals surface area (Å²) >= 11 is 0. The van der Waals surface area contributed by atoms with Gasteiger partial charge >= 0.3 is 11.9 Å². The third-order valence-electron chi connectivity index (χ3n) is 8.58. The summed E-state index contributed by atoms with van der Waals surface area (Å²) in [5, 5.41) is 13.0. The number of carbonyl (C=O) groups excluding carboxylic acids is 2. The lowest BCUT2D eigenvalue weighted by Crippen LogP contribution is -2.51. The van der Waals surface area contributed by atoms with Gasteiger partial charge in [0.15, 0.2) is 6.23 Å². The van der Waals surface area contributed by atoms with Gasteiger partial charge in [-0.05, 0) is 56.5 Å². The normalized spacial score (nSPS) is 17.9. The highest BCUT2D eigenvalue weighted by Crippen LogP contribution is 2.40. The first kappa shape index (κ1) is 33.2. The predicted octanol–water partition coefficient (Wildman–Crippen LogP) is 5.65. The number of nitrogens with one attached hydrogen (secondary N) is 1. The van der Waals surface area contributed by atoms with E-state index in [9.17, 15) is 14.9 Å². The molecule has 0 saturated carbocycles. The lowest BCUT2D eigenvalue weighted by atomic mass is 9.80. The van der Waals surface area contributed by atoms with E-state index in [1.54, 1.807) is 45.0 Å². The van der Waals surface area contributed by atoms with E-state index in [4.69, 9.17) is 15.9 Å². The molecule has 1 fully saturated rings. The highest BCUT2D eigenvalue weighted by Gasteiger charge is 2.40. The van der Waals surface area contributed by atoms with Crippen LogP contribution in [0, 0.1) is 23.7 Å². The van der Waals surface area contributed by atoms with Crippen LogP contribution in [0.25, 0.3) is 0 Å². The molecule has 8 heteroatoms. The van der Waals surface area contributed by atoms with Gasteiger partial charge in [-0.15, -0.1) is 6.42 Å². The Morgan fingerprint density at radius 1 is 0.830 bits per heavy atom. The smallest absolute Gasteiger partial charge is 0.338 e. The number of hydrogen-bond acceptors (Lipinski definition) is 8. The van der Waals surface area contributed by atoms with Crippen molar-refractivity contribution in [1.82, 2.24) is 15.1 Å². The number of ether oxygens (including phenoxy) is 2. The average Bonchev–Trinajstić information content (AvgIpc) is 3.08. The maximum atomic E-state index is 14.1. The zero-order valence-corrected chi connectivity index (χ0v) is 27.3. The third kappa shape index (κ3) is 7.47. The number of dihydropyridines is 1. The van der Waals surface area contributed by atoms with E-state index >= 15 is 0 Å². The Kier molecular flexibility index (Phi) is 10.6. The Bertz CT molecular complexity index is 1700. The second kappa shape index (κ2) is 15.0. The second-order valence-electron chi connectivity index (χ2n) is 12.0. The molecule has 47 heavy (non-hydrogen) atoms. The van der Waals surface area contributed by atoms with Crippen LogP contribution in [0.15, 0.2) is 107 Å². The molecule has 2 aliphatic heterocycles. The number of carbonyl (C=O) groups is 2. The number of nitriles is 1. The summed E-state index contributed by atoms with van der Waals surface area (Å²) in [6, 6.07) is 30.2. The standard InChI is InChI=1S/C39H40N4O4/c1-6-29-14-13-19-32(24-29)35-34(27(4)41-33(25-40)36(35)39(45)46-26(2)3)38(44)47-28(5)42-20-22-43(23-21-42)37(30-15-9-7-10-16-30)31-17-11-8-12-18-31/h1,7-19,24,26,28,35,37,41H,20-23H2,2-5H3. The van der Waals surface area contributed by atoms with Gasteiger partial charge in [0, 0.05) is 37.4 Å². The molecule has 0 bridgehead atoms. The summed E-state index contributed by atoms with van der Waals surface area (Å²) < 4.78 is 11.7. The Morgan fingerprint density at radius 2 is 1.40 bits per heavy atom. The van der Waals surface area contributed by atoms with Crippen molar-refractivity contribution < 1.29 is 19.1 Å². The highest BCUT2D eigenvalue weighted by atomic mass is 16.6. The van der Waals surface area contributed by atoms with Crippen molar-refractivity contribution >= 4 is 11.9 Å². The number of nitrogens with zero attached hydrogens (tertiary/aromatic N) is 3. The summed E-state index contributed by atoms with van der Waals surface area (Å²) in [5.41, 5.74) is 4.36. The predicted molar refractivity (Wildman–Crippen MR) is 180 cm³/mol. The van der Waals surface area contributed by atoms with E-state index in [2.05, 4.69) is 75.6 Å². The minimum atomic E-state index is -0.917. The number of piperazine rings is 1. The van der Waals surface area contributed by atoms with Crippen molar-refractivity contribution in [2.75, 3.05) is 26.2 Å². The Hall–Kier alpha value is -5.15. The molecule has 2 heterocycles. The SMILES string of the molecule is C#Cc1cccc(C2C(C(=O)OC(C)N3CCN(C(c4ccccc4)c4ccccc4)CC3)=C(C)NC(C#N)=C2C(=O)OC(C)C)c1. The van der Waals surface area contributed by atoms with Crippen molar-refractivity contribution in [1.29, 1.82) is 5.26 Å². The molecule has 3 aromatic rings. The summed E-state index contributed by atoms with van der Waals surface area (Å²) in [7, 11) is 0. The van der Waals surface area contributed by atoms with E-state index in [1.165, 1.54) is 11.1 Å². The maximum Gasteiger partial charge on any atom is 0.338 e. The van der Waals surface area contributed by atoms with E-state index < -0.39 is 30.2 Å². The Labute approximate surface area is 277 Å². The van der Waals surface area contributed by atoms with Gasteiger partial charge in [0.2, 0.25) is 0 Å². The van der Waals surface area contributed by atoms with Crippen molar-refractivity contribution in [3.8, 4) is 18.4 Å². The molecule has 5 rings (SSSR count). The molecular weight excluding hydrogens is 588 g/mol. The van der Waals surface area contributed by atoms with Crippen LogP contribution in [0.4, 0.5) is 0 Å². The molecule has 2 aliphatic rings. The topological polar surface area (TPSA) is 94.9 Å². The minimum absolute atomic E-state index is 0.0244. The number of benzene rings is 3. The molecule has 0 spiro atoms. The van der Waals surface area contributed by atoms with E-state index in [0.29, 0.717) is 29.9 Å². The molecule has 8 nitrogen and oxygen atoms in total. The molecule has 0 amide bonds. The average molecular weight is 629 g/mol. The lowest BCUT2D eigenvalue weighted by molar-refractivity contribution is -0.155. The molecule has 0 aromatic heterocycles. The number of allylic oxidation sites excluding steroid dienone is 2. The molecule has 0 radical (unpaired) electrons.